The molecule has 1 aromatic carbocycles. The molecule has 1 rings (SSSR count). The molecule has 0 heterocycles. The van der Waals surface area contributed by atoms with Crippen molar-refractivity contribution < 1.29 is 28.1 Å². The maximum Gasteiger partial charge on any atom is 0.418 e. The summed E-state index contributed by atoms with van der Waals surface area (Å²) in [6.45, 7) is 1.81. The highest BCUT2D eigenvalue weighted by Gasteiger charge is 2.40. The SMILES string of the molecule is CCOc1cc(C(O)C(F)(F)F)cc(Br)c1O. The average Bonchev–Trinajstić information content (AvgIpc) is 2.22. The fourth-order valence-corrected chi connectivity index (χ4v) is 1.67. The molecule has 0 aliphatic rings. The molecule has 1 atom stereocenters. The molecule has 0 aliphatic carbocycles. The smallest absolute Gasteiger partial charge is 0.418 e. The second kappa shape index (κ2) is 5.14. The molecule has 96 valence electrons. The van der Waals surface area contributed by atoms with Crippen LogP contribution in [0.25, 0.3) is 0 Å². The lowest BCUT2D eigenvalue weighted by Crippen LogP contribution is -2.20. The van der Waals surface area contributed by atoms with Gasteiger partial charge < -0.3 is 14.9 Å². The largest absolute Gasteiger partial charge is 0.503 e. The van der Waals surface area contributed by atoms with E-state index in [1.165, 1.54) is 0 Å². The number of hydrogen-bond donors (Lipinski definition) is 2. The molecule has 1 unspecified atom stereocenters. The Balaban J connectivity index is 3.18. The molecule has 17 heavy (non-hydrogen) atoms. The summed E-state index contributed by atoms with van der Waals surface area (Å²) < 4.78 is 41.9. The highest BCUT2D eigenvalue weighted by atomic mass is 79.9. The number of hydrogen-bond acceptors (Lipinski definition) is 3. The van der Waals surface area contributed by atoms with Crippen LogP contribution < -0.4 is 4.74 Å². The molecule has 0 aliphatic heterocycles. The van der Waals surface area contributed by atoms with Crippen LogP contribution in [0, 0.1) is 0 Å². The first-order chi connectivity index (χ1) is 7.77. The van der Waals surface area contributed by atoms with Crippen molar-refractivity contribution in [1.82, 2.24) is 0 Å². The third-order valence-corrected chi connectivity index (χ3v) is 2.58. The number of alkyl halides is 3. The normalized spacial score (nSPS) is 13.5. The van der Waals surface area contributed by atoms with Gasteiger partial charge in [0.05, 0.1) is 11.1 Å². The predicted octanol–water partition coefficient (Wildman–Crippen LogP) is 3.15. The Labute approximate surface area is 104 Å². The first kappa shape index (κ1) is 14.1. The topological polar surface area (TPSA) is 49.7 Å². The van der Waals surface area contributed by atoms with Crippen LogP contribution in [-0.4, -0.2) is 23.0 Å². The van der Waals surface area contributed by atoms with Crippen LogP contribution in [0.15, 0.2) is 16.6 Å². The molecule has 3 nitrogen and oxygen atoms in total. The molecule has 1 aromatic rings. The molecule has 7 heteroatoms. The van der Waals surface area contributed by atoms with Crippen molar-refractivity contribution in [1.29, 1.82) is 0 Å². The van der Waals surface area contributed by atoms with E-state index in [2.05, 4.69) is 15.9 Å². The molecule has 0 amide bonds. The minimum absolute atomic E-state index is 0.0294. The second-order valence-electron chi connectivity index (χ2n) is 3.23. The van der Waals surface area contributed by atoms with E-state index < -0.39 is 17.8 Å². The number of rotatable bonds is 3. The number of phenols is 1. The monoisotopic (exact) mass is 314 g/mol. The predicted molar refractivity (Wildman–Crippen MR) is 58.0 cm³/mol. The van der Waals surface area contributed by atoms with Gasteiger partial charge in [-0.1, -0.05) is 0 Å². The van der Waals surface area contributed by atoms with E-state index in [1.807, 2.05) is 0 Å². The lowest BCUT2D eigenvalue weighted by atomic mass is 10.1. The summed E-state index contributed by atoms with van der Waals surface area (Å²) in [6.07, 6.45) is -7.38. The molecule has 2 N–H and O–H groups in total. The van der Waals surface area contributed by atoms with Crippen molar-refractivity contribution in [2.45, 2.75) is 19.2 Å². The van der Waals surface area contributed by atoms with Gasteiger partial charge in [0, 0.05) is 0 Å². The average molecular weight is 315 g/mol. The minimum atomic E-state index is -4.76. The molecule has 0 saturated heterocycles. The maximum absolute atomic E-state index is 12.3. The Kier molecular flexibility index (Phi) is 4.26. The van der Waals surface area contributed by atoms with E-state index in [4.69, 9.17) is 9.84 Å². The first-order valence-electron chi connectivity index (χ1n) is 4.67. The van der Waals surface area contributed by atoms with Gasteiger partial charge in [0.1, 0.15) is 0 Å². The lowest BCUT2D eigenvalue weighted by molar-refractivity contribution is -0.206. The van der Waals surface area contributed by atoms with Crippen molar-refractivity contribution in [3.63, 3.8) is 0 Å². The number of ether oxygens (including phenoxy) is 1. The highest BCUT2D eigenvalue weighted by molar-refractivity contribution is 9.10. The summed E-state index contributed by atoms with van der Waals surface area (Å²) in [5.74, 6) is -0.412. The Bertz CT molecular complexity index is 407. The molecular formula is C10H10BrF3O3. The molecular weight excluding hydrogens is 305 g/mol. The van der Waals surface area contributed by atoms with Gasteiger partial charge in [0.2, 0.25) is 0 Å². The van der Waals surface area contributed by atoms with E-state index in [0.717, 1.165) is 12.1 Å². The summed E-state index contributed by atoms with van der Waals surface area (Å²) >= 11 is 2.89. The number of benzene rings is 1. The lowest BCUT2D eigenvalue weighted by Gasteiger charge is -2.17. The third kappa shape index (κ3) is 3.26. The van der Waals surface area contributed by atoms with E-state index in [0.29, 0.717) is 0 Å². The first-order valence-corrected chi connectivity index (χ1v) is 5.46. The molecule has 0 saturated carbocycles. The second-order valence-corrected chi connectivity index (χ2v) is 4.08. The fourth-order valence-electron chi connectivity index (χ4n) is 1.21. The zero-order valence-electron chi connectivity index (χ0n) is 8.75. The van der Waals surface area contributed by atoms with Crippen LogP contribution in [0.3, 0.4) is 0 Å². The van der Waals surface area contributed by atoms with Gasteiger partial charge in [-0.15, -0.1) is 0 Å². The van der Waals surface area contributed by atoms with Crippen molar-refractivity contribution in [2.75, 3.05) is 6.61 Å². The highest BCUT2D eigenvalue weighted by Crippen LogP contribution is 2.40. The summed E-state index contributed by atoms with van der Waals surface area (Å²) in [6, 6.07) is 1.96. The maximum atomic E-state index is 12.3. The minimum Gasteiger partial charge on any atom is -0.503 e. The van der Waals surface area contributed by atoms with Gasteiger partial charge in [0.15, 0.2) is 17.6 Å². The molecule has 0 aromatic heterocycles. The molecule has 0 bridgehead atoms. The Morgan fingerprint density at radius 2 is 2.00 bits per heavy atom. The van der Waals surface area contributed by atoms with Gasteiger partial charge >= 0.3 is 6.18 Å². The number of halogens is 4. The Morgan fingerprint density at radius 3 is 2.47 bits per heavy atom. The van der Waals surface area contributed by atoms with Gasteiger partial charge in [-0.05, 0) is 40.5 Å². The van der Waals surface area contributed by atoms with Crippen molar-refractivity contribution in [3.05, 3.63) is 22.2 Å². The standard InChI is InChI=1S/C10H10BrF3O3/c1-2-17-7-4-5(3-6(11)8(7)15)9(16)10(12,13)14/h3-4,9,15-16H,2H2,1H3. The van der Waals surface area contributed by atoms with Crippen LogP contribution >= 0.6 is 15.9 Å². The summed E-state index contributed by atoms with van der Waals surface area (Å²) in [7, 11) is 0. The summed E-state index contributed by atoms with van der Waals surface area (Å²) in [4.78, 5) is 0. The Morgan fingerprint density at radius 1 is 1.41 bits per heavy atom. The number of phenolic OH excluding ortho intramolecular Hbond substituents is 1. The van der Waals surface area contributed by atoms with E-state index >= 15 is 0 Å². The van der Waals surface area contributed by atoms with E-state index in [1.54, 1.807) is 6.92 Å². The van der Waals surface area contributed by atoms with Crippen LogP contribution in [0.1, 0.15) is 18.6 Å². The van der Waals surface area contributed by atoms with Gasteiger partial charge in [-0.25, -0.2) is 0 Å². The van der Waals surface area contributed by atoms with Crippen LogP contribution in [0.5, 0.6) is 11.5 Å². The zero-order valence-corrected chi connectivity index (χ0v) is 10.3. The molecule has 0 fully saturated rings. The van der Waals surface area contributed by atoms with Crippen molar-refractivity contribution in [2.24, 2.45) is 0 Å². The summed E-state index contributed by atoms with van der Waals surface area (Å²) in [5, 5.41) is 18.6. The van der Waals surface area contributed by atoms with Crippen molar-refractivity contribution in [3.8, 4) is 11.5 Å². The Hall–Kier alpha value is -0.950. The fraction of sp³-hybridized carbons (Fsp3) is 0.400. The van der Waals surface area contributed by atoms with Gasteiger partial charge in [0.25, 0.3) is 0 Å². The van der Waals surface area contributed by atoms with Crippen LogP contribution in [0.2, 0.25) is 0 Å². The van der Waals surface area contributed by atoms with E-state index in [9.17, 15) is 18.3 Å². The molecule has 0 spiro atoms. The quantitative estimate of drug-likeness (QED) is 0.901. The number of aliphatic hydroxyl groups excluding tert-OH is 1. The number of aromatic hydroxyl groups is 1. The molecule has 0 radical (unpaired) electrons. The van der Waals surface area contributed by atoms with E-state index in [-0.39, 0.29) is 22.6 Å². The zero-order chi connectivity index (χ0) is 13.2. The van der Waals surface area contributed by atoms with Crippen LogP contribution in [-0.2, 0) is 0 Å². The third-order valence-electron chi connectivity index (χ3n) is 1.98. The van der Waals surface area contributed by atoms with Crippen LogP contribution in [0.4, 0.5) is 13.2 Å². The number of aliphatic hydroxyl groups is 1. The summed E-state index contributed by atoms with van der Waals surface area (Å²) in [5.41, 5.74) is -0.398. The van der Waals surface area contributed by atoms with Gasteiger partial charge in [-0.3, -0.25) is 0 Å². The van der Waals surface area contributed by atoms with Crippen molar-refractivity contribution >= 4 is 15.9 Å². The van der Waals surface area contributed by atoms with Gasteiger partial charge in [-0.2, -0.15) is 13.2 Å².